The molecule has 3 aromatic heterocycles. The van der Waals surface area contributed by atoms with Crippen molar-refractivity contribution in [1.29, 1.82) is 0 Å². The molecule has 0 aliphatic carbocycles. The van der Waals surface area contributed by atoms with Gasteiger partial charge in [-0.1, -0.05) is 120 Å². The Morgan fingerprint density at radius 2 is 1.54 bits per heavy atom. The van der Waals surface area contributed by atoms with Gasteiger partial charge in [-0.05, 0) is 73.2 Å². The van der Waals surface area contributed by atoms with Crippen molar-refractivity contribution in [2.45, 2.75) is 66.1 Å². The molecule has 7 rings (SSSR count). The number of fused-ring (bicyclic) bond motifs is 3. The molecule has 5 heteroatoms. The van der Waals surface area contributed by atoms with Crippen molar-refractivity contribution in [3.63, 3.8) is 0 Å². The van der Waals surface area contributed by atoms with E-state index in [0.717, 1.165) is 28.9 Å². The van der Waals surface area contributed by atoms with E-state index in [1.54, 1.807) is 0 Å². The zero-order chi connectivity index (χ0) is 34.8. The first-order valence-corrected chi connectivity index (χ1v) is 21.6. The van der Waals surface area contributed by atoms with Gasteiger partial charge >= 0.3 is 0 Å². The summed E-state index contributed by atoms with van der Waals surface area (Å²) in [7, 11) is -1.34. The monoisotopic (exact) mass is 867 g/mol. The van der Waals surface area contributed by atoms with Gasteiger partial charge in [-0.3, -0.25) is 0 Å². The van der Waals surface area contributed by atoms with Crippen LogP contribution in [0.4, 0.5) is 0 Å². The van der Waals surface area contributed by atoms with E-state index < -0.39 is 8.07 Å². The van der Waals surface area contributed by atoms with Crippen LogP contribution in [0.3, 0.4) is 0 Å². The van der Waals surface area contributed by atoms with Crippen LogP contribution >= 0.6 is 11.3 Å². The fourth-order valence-corrected chi connectivity index (χ4v) is 9.18. The van der Waals surface area contributed by atoms with Crippen LogP contribution in [0.25, 0.3) is 53.8 Å². The number of rotatable bonds is 6. The molecule has 0 aliphatic heterocycles. The molecular weight excluding hydrogens is 821 g/mol. The first-order chi connectivity index (χ1) is 23.4. The van der Waals surface area contributed by atoms with Gasteiger partial charge in [-0.25, -0.2) is 0 Å². The van der Waals surface area contributed by atoms with Crippen molar-refractivity contribution in [2.24, 2.45) is 5.92 Å². The Morgan fingerprint density at radius 3 is 2.22 bits per heavy atom. The Hall–Kier alpha value is -3.73. The number of aromatic nitrogens is 2. The third-order valence-corrected chi connectivity index (χ3v) is 12.1. The predicted molar refractivity (Wildman–Crippen MR) is 216 cm³/mol. The second-order valence-electron chi connectivity index (χ2n) is 15.3. The van der Waals surface area contributed by atoms with Crippen LogP contribution in [0, 0.1) is 18.1 Å². The average Bonchev–Trinajstić information content (AvgIpc) is 3.47. The molecule has 0 aliphatic rings. The molecule has 1 radical (unpaired) electrons. The number of nitrogens with zero attached hydrogens (tertiary/aromatic N) is 2. The summed E-state index contributed by atoms with van der Waals surface area (Å²) >= 11 is 1.83. The molecule has 0 spiro atoms. The molecule has 0 amide bonds. The average molecular weight is 867 g/mol. The summed E-state index contributed by atoms with van der Waals surface area (Å²) in [6, 6.07) is 42.9. The van der Waals surface area contributed by atoms with Gasteiger partial charge < -0.3 is 9.97 Å². The zero-order valence-corrected chi connectivity index (χ0v) is 34.6. The molecule has 0 saturated heterocycles. The summed E-state index contributed by atoms with van der Waals surface area (Å²) in [5.74, 6) is 0.667. The topological polar surface area (TPSA) is 25.8 Å². The molecule has 7 aromatic rings. The molecule has 0 bridgehead atoms. The smallest absolute Gasteiger partial charge is 0.0798 e. The first-order valence-electron chi connectivity index (χ1n) is 17.2. The minimum atomic E-state index is -1.34. The Bertz CT molecular complexity index is 2190. The van der Waals surface area contributed by atoms with E-state index in [0.29, 0.717) is 5.92 Å². The molecule has 0 fully saturated rings. The minimum absolute atomic E-state index is 0. The standard InChI is InChI=1S/C27H22NS.C18H24NSi.Ir/c1-27(2,3)19-15-16-28-23(17-19)21-12-7-13-22-25-20(18-9-5-4-6-10-18)11-8-14-24(25)29-26(21)22;1-14(2)11-16-12-17(15-9-7-6-8-10-15)19-13-18(16)20(3,4)5;/h4-11,13-17H,1-3H3;6-9,12-14H,11H2,1-5H3;/q2*-1;. The third kappa shape index (κ3) is 8.41. The van der Waals surface area contributed by atoms with Crippen molar-refractivity contribution in [3.8, 4) is 33.6 Å². The zero-order valence-electron chi connectivity index (χ0n) is 30.4. The Morgan fingerprint density at radius 1 is 0.780 bits per heavy atom. The second-order valence-corrected chi connectivity index (χ2v) is 21.4. The van der Waals surface area contributed by atoms with Gasteiger partial charge in [0.25, 0.3) is 0 Å². The van der Waals surface area contributed by atoms with Gasteiger partial charge in [0.15, 0.2) is 0 Å². The van der Waals surface area contributed by atoms with Gasteiger partial charge in [-0.15, -0.1) is 59.7 Å². The van der Waals surface area contributed by atoms with Gasteiger partial charge in [0.1, 0.15) is 0 Å². The molecule has 50 heavy (non-hydrogen) atoms. The minimum Gasteiger partial charge on any atom is -0.305 e. The summed E-state index contributed by atoms with van der Waals surface area (Å²) in [5, 5.41) is 4.09. The summed E-state index contributed by atoms with van der Waals surface area (Å²) < 4.78 is 2.55. The second kappa shape index (κ2) is 15.7. The fraction of sp³-hybridized carbons (Fsp3) is 0.244. The number of pyridine rings is 2. The van der Waals surface area contributed by atoms with Crippen LogP contribution < -0.4 is 5.19 Å². The molecular formula is C45H46IrN2SSi-2. The molecule has 4 aromatic carbocycles. The van der Waals surface area contributed by atoms with Crippen molar-refractivity contribution in [3.05, 3.63) is 139 Å². The number of benzene rings is 4. The maximum absolute atomic E-state index is 4.70. The van der Waals surface area contributed by atoms with E-state index in [2.05, 4.69) is 156 Å². The maximum atomic E-state index is 4.70. The van der Waals surface area contributed by atoms with Gasteiger partial charge in [-0.2, -0.15) is 11.3 Å². The maximum Gasteiger partial charge on any atom is 0.0798 e. The molecule has 3 heterocycles. The number of thiophene rings is 1. The van der Waals surface area contributed by atoms with E-state index in [1.165, 1.54) is 47.6 Å². The Balaban J connectivity index is 0.000000204. The molecule has 257 valence electrons. The van der Waals surface area contributed by atoms with Gasteiger partial charge in [0.05, 0.1) is 8.07 Å². The quantitative estimate of drug-likeness (QED) is 0.123. The van der Waals surface area contributed by atoms with Gasteiger partial charge in [0.2, 0.25) is 0 Å². The van der Waals surface area contributed by atoms with Crippen molar-refractivity contribution >= 4 is 44.8 Å². The molecule has 0 saturated carbocycles. The van der Waals surface area contributed by atoms with Crippen LogP contribution in [-0.4, -0.2) is 18.0 Å². The van der Waals surface area contributed by atoms with E-state index in [-0.39, 0.29) is 25.5 Å². The Labute approximate surface area is 317 Å². The molecule has 2 nitrogen and oxygen atoms in total. The van der Waals surface area contributed by atoms with Crippen LogP contribution in [0.5, 0.6) is 0 Å². The molecule has 0 N–H and O–H groups in total. The largest absolute Gasteiger partial charge is 0.305 e. The van der Waals surface area contributed by atoms with E-state index >= 15 is 0 Å². The first kappa shape index (κ1) is 37.5. The van der Waals surface area contributed by atoms with Crippen LogP contribution in [-0.2, 0) is 31.9 Å². The molecule has 0 atom stereocenters. The van der Waals surface area contributed by atoms with Crippen molar-refractivity contribution in [1.82, 2.24) is 9.97 Å². The van der Waals surface area contributed by atoms with Crippen LogP contribution in [0.1, 0.15) is 45.7 Å². The van der Waals surface area contributed by atoms with E-state index in [4.69, 9.17) is 4.98 Å². The van der Waals surface area contributed by atoms with E-state index in [9.17, 15) is 0 Å². The van der Waals surface area contributed by atoms with Crippen molar-refractivity contribution in [2.75, 3.05) is 0 Å². The van der Waals surface area contributed by atoms with E-state index in [1.807, 2.05) is 41.8 Å². The SMILES string of the molecule is CC(C)(C)c1ccnc(-c2[c-]ccc3c2sc2cccc(-c4ccccc4)c23)c1.CC(C)Cc1cc(-c2[c-]cccc2)ncc1[Si](C)(C)C.[Ir]. The fourth-order valence-electron chi connectivity index (χ4n) is 6.35. The molecule has 0 unspecified atom stereocenters. The summed E-state index contributed by atoms with van der Waals surface area (Å²) in [6.45, 7) is 18.4. The van der Waals surface area contributed by atoms with Crippen molar-refractivity contribution < 1.29 is 20.1 Å². The third-order valence-electron chi connectivity index (χ3n) is 8.83. The number of hydrogen-bond donors (Lipinski definition) is 0. The summed E-state index contributed by atoms with van der Waals surface area (Å²) in [5.41, 5.74) is 9.60. The normalized spacial score (nSPS) is 11.7. The summed E-state index contributed by atoms with van der Waals surface area (Å²) in [4.78, 5) is 9.39. The number of hydrogen-bond acceptors (Lipinski definition) is 3. The summed E-state index contributed by atoms with van der Waals surface area (Å²) in [6.07, 6.45) is 5.16. The van der Waals surface area contributed by atoms with Crippen LogP contribution in [0.15, 0.2) is 116 Å². The van der Waals surface area contributed by atoms with Crippen LogP contribution in [0.2, 0.25) is 19.6 Å². The van der Waals surface area contributed by atoms with Gasteiger partial charge in [0, 0.05) is 37.2 Å². The Kier molecular flexibility index (Phi) is 11.7. The predicted octanol–water partition coefficient (Wildman–Crippen LogP) is 12.2.